The molecule has 0 saturated carbocycles. The molecule has 0 spiro atoms. The summed E-state index contributed by atoms with van der Waals surface area (Å²) in [6.07, 6.45) is 0. The summed E-state index contributed by atoms with van der Waals surface area (Å²) in [6, 6.07) is 0. The Bertz CT molecular complexity index is 8.00. The number of hydrogen-bond donors (Lipinski definition) is 0. The van der Waals surface area contributed by atoms with Crippen LogP contribution in [0.1, 0.15) is 0 Å². The van der Waals surface area contributed by atoms with Crippen LogP contribution in [0.2, 0.25) is 5.05 Å². The van der Waals surface area contributed by atoms with E-state index in [4.69, 9.17) is 0 Å². The van der Waals surface area contributed by atoms with Gasteiger partial charge in [0.1, 0.15) is 0 Å². The Labute approximate surface area is 50.2 Å². The van der Waals surface area contributed by atoms with Crippen LogP contribution in [0.15, 0.2) is 0 Å². The van der Waals surface area contributed by atoms with Crippen molar-refractivity contribution < 1.29 is 12.4 Å². The molecule has 0 saturated heterocycles. The Balaban J connectivity index is -0.00000000500. The molecule has 0 rings (SSSR count). The van der Waals surface area contributed by atoms with Gasteiger partial charge in [-0.05, 0) is 11.0 Å². The first-order valence-corrected chi connectivity index (χ1v) is 2.12. The topological polar surface area (TPSA) is 0 Å². The molecule has 0 nitrogen and oxygen atoms in total. The van der Waals surface area contributed by atoms with Crippen LogP contribution in [-0.4, -0.2) is 32.7 Å². The zero-order valence-electron chi connectivity index (χ0n) is 2.09. The van der Waals surface area contributed by atoms with Crippen LogP contribution in [0.3, 0.4) is 0 Å². The quantitative estimate of drug-likeness (QED) is 0.275. The van der Waals surface area contributed by atoms with Crippen LogP contribution < -0.4 is 12.4 Å². The standard InChI is InChI=1S/CH3.ClH.Mg.H4Si/h1H3;1H;;1H4/q;;+1;/p-1. The molecular weight excluding hydrogens is 99.9 g/mol. The van der Waals surface area contributed by atoms with Gasteiger partial charge in [0.15, 0.2) is 0 Å². The van der Waals surface area contributed by atoms with Crippen molar-refractivity contribution >= 4 is 32.7 Å². The van der Waals surface area contributed by atoms with Crippen LogP contribution in [0.25, 0.3) is 0 Å². The van der Waals surface area contributed by atoms with E-state index >= 15 is 0 Å². The first-order chi connectivity index (χ1) is 1.00. The Morgan fingerprint density at radius 3 is 1.25 bits per heavy atom. The van der Waals surface area contributed by atoms with Gasteiger partial charge in [-0.25, -0.2) is 0 Å². The average molecular weight is 107 g/mol. The van der Waals surface area contributed by atoms with Crippen LogP contribution in [0.4, 0.5) is 0 Å². The van der Waals surface area contributed by atoms with Gasteiger partial charge in [-0.3, -0.25) is 0 Å². The first kappa shape index (κ1) is 18.6. The summed E-state index contributed by atoms with van der Waals surface area (Å²) in [5.74, 6) is 0. The Morgan fingerprint density at radius 2 is 1.25 bits per heavy atom. The van der Waals surface area contributed by atoms with Crippen molar-refractivity contribution in [3.8, 4) is 0 Å². The van der Waals surface area contributed by atoms with Crippen molar-refractivity contribution in [1.29, 1.82) is 0 Å². The van der Waals surface area contributed by atoms with Crippen molar-refractivity contribution in [3.63, 3.8) is 0 Å². The average Bonchev–Trinajstić information content (AvgIpc) is 1.00. The molecule has 0 unspecified atom stereocenters. The van der Waals surface area contributed by atoms with Crippen LogP contribution in [0, 0.1) is 0 Å². The van der Waals surface area contributed by atoms with Gasteiger partial charge in [-0.15, -0.1) is 0 Å². The zero-order valence-corrected chi connectivity index (χ0v) is 4.26. The van der Waals surface area contributed by atoms with E-state index in [-0.39, 0.29) is 23.4 Å². The summed E-state index contributed by atoms with van der Waals surface area (Å²) in [5, 5.41) is 2.03. The van der Waals surface area contributed by atoms with Crippen molar-refractivity contribution in [2.24, 2.45) is 0 Å². The maximum absolute atomic E-state index is 2.03. The Kier molecular flexibility index (Phi) is 132. The molecule has 0 aliphatic heterocycles. The fourth-order valence-electron chi connectivity index (χ4n) is 0. The summed E-state index contributed by atoms with van der Waals surface area (Å²) in [7, 11) is 0. The van der Waals surface area contributed by atoms with Crippen molar-refractivity contribution in [2.75, 3.05) is 0 Å². The maximum Gasteiger partial charge on any atom is -0.0149 e. The molecular formula is CH7ClMgSi. The second-order valence-corrected chi connectivity index (χ2v) is 0. The van der Waals surface area contributed by atoms with Crippen LogP contribution in [-0.2, 0) is 0 Å². The molecule has 0 N–H and O–H groups in total. The van der Waals surface area contributed by atoms with Crippen molar-refractivity contribution in [2.45, 2.75) is 5.05 Å². The van der Waals surface area contributed by atoms with Gasteiger partial charge in [-0.1, -0.05) is 0 Å². The summed E-state index contributed by atoms with van der Waals surface area (Å²) >= 11 is 1.86. The largest absolute Gasteiger partial charge is 1.00 e. The number of hydrogen-bond acceptors (Lipinski definition) is 0. The molecule has 0 aromatic heterocycles. The molecule has 0 atom stereocenters. The first-order valence-electron chi connectivity index (χ1n) is 0.707. The molecule has 0 fully saturated rings. The molecule has 0 bridgehead atoms. The molecule has 0 aliphatic rings. The zero-order chi connectivity index (χ0) is 2.00. The minimum atomic E-state index is 0. The molecule has 0 aliphatic carbocycles. The van der Waals surface area contributed by atoms with E-state index in [1.807, 2.05) is 26.8 Å². The van der Waals surface area contributed by atoms with Crippen LogP contribution >= 0.6 is 0 Å². The van der Waals surface area contributed by atoms with E-state index in [1.165, 1.54) is 0 Å². The minimum absolute atomic E-state index is 0. The molecule has 4 heavy (non-hydrogen) atoms. The summed E-state index contributed by atoms with van der Waals surface area (Å²) in [4.78, 5) is 0. The molecule has 0 aromatic rings. The fraction of sp³-hybridized carbons (Fsp3) is 1.00. The summed E-state index contributed by atoms with van der Waals surface area (Å²) in [6.45, 7) is 0. The SMILES string of the molecule is [CH3][Mg+].[Cl-].[SiH4]. The molecule has 0 radical (unpaired) electrons. The Morgan fingerprint density at radius 1 is 1.25 bits per heavy atom. The van der Waals surface area contributed by atoms with Gasteiger partial charge in [0.2, 0.25) is 0 Å². The second-order valence-electron chi connectivity index (χ2n) is 0. The van der Waals surface area contributed by atoms with E-state index in [0.29, 0.717) is 0 Å². The molecule has 0 heterocycles. The van der Waals surface area contributed by atoms with Gasteiger partial charge in [0.25, 0.3) is 0 Å². The van der Waals surface area contributed by atoms with Crippen molar-refractivity contribution in [3.05, 3.63) is 0 Å². The van der Waals surface area contributed by atoms with Gasteiger partial charge in [-0.2, -0.15) is 0 Å². The summed E-state index contributed by atoms with van der Waals surface area (Å²) in [5.41, 5.74) is 0. The van der Waals surface area contributed by atoms with E-state index in [0.717, 1.165) is 0 Å². The van der Waals surface area contributed by atoms with Gasteiger partial charge >= 0.3 is 26.8 Å². The smallest absolute Gasteiger partial charge is 0.0149 e. The van der Waals surface area contributed by atoms with E-state index in [2.05, 4.69) is 0 Å². The fourth-order valence-corrected chi connectivity index (χ4v) is 0. The minimum Gasteiger partial charge on any atom is -1.00 e. The number of halogens is 1. The maximum atomic E-state index is 2.03. The number of rotatable bonds is 0. The summed E-state index contributed by atoms with van der Waals surface area (Å²) < 4.78 is 0. The third-order valence-corrected chi connectivity index (χ3v) is 0. The van der Waals surface area contributed by atoms with Crippen LogP contribution in [0.5, 0.6) is 0 Å². The van der Waals surface area contributed by atoms with Gasteiger partial charge in [0.05, 0.1) is 0 Å². The van der Waals surface area contributed by atoms with E-state index < -0.39 is 0 Å². The predicted octanol–water partition coefficient (Wildman–Crippen LogP) is -4.24. The van der Waals surface area contributed by atoms with Gasteiger partial charge in [0, 0.05) is 0 Å². The van der Waals surface area contributed by atoms with Gasteiger partial charge < -0.3 is 12.4 Å². The molecule has 24 valence electrons. The van der Waals surface area contributed by atoms with E-state index in [1.54, 1.807) is 0 Å². The van der Waals surface area contributed by atoms with E-state index in [9.17, 15) is 0 Å². The molecule has 3 heteroatoms. The Hall–Kier alpha value is 1.27. The molecule has 0 amide bonds. The monoisotopic (exact) mass is 106 g/mol. The van der Waals surface area contributed by atoms with Crippen molar-refractivity contribution in [1.82, 2.24) is 0 Å². The second kappa shape index (κ2) is 28.2. The predicted molar refractivity (Wildman–Crippen MR) is 23.0 cm³/mol. The normalized spacial score (nSPS) is 1.75. The third-order valence-electron chi connectivity index (χ3n) is 0. The third kappa shape index (κ3) is 10.4. The molecule has 0 aromatic carbocycles.